The van der Waals surface area contributed by atoms with E-state index in [1.807, 2.05) is 24.3 Å². The van der Waals surface area contributed by atoms with Crippen LogP contribution >= 0.6 is 0 Å². The smallest absolute Gasteiger partial charge is 0.247 e. The molecule has 2 aromatic heterocycles. The van der Waals surface area contributed by atoms with Crippen LogP contribution in [0.25, 0.3) is 0 Å². The first kappa shape index (κ1) is 19.2. The average molecular weight is 397 g/mol. The summed E-state index contributed by atoms with van der Waals surface area (Å²) >= 11 is 0. The van der Waals surface area contributed by atoms with Crippen LogP contribution in [0, 0.1) is 18.7 Å². The summed E-state index contributed by atoms with van der Waals surface area (Å²) in [5.74, 6) is 0.688. The van der Waals surface area contributed by atoms with Gasteiger partial charge in [-0.15, -0.1) is 5.10 Å². The lowest BCUT2D eigenvalue weighted by atomic mass is 10.0. The van der Waals surface area contributed by atoms with Crippen LogP contribution in [0.2, 0.25) is 0 Å². The van der Waals surface area contributed by atoms with Gasteiger partial charge in [0.15, 0.2) is 0 Å². The number of tetrazole rings is 1. The van der Waals surface area contributed by atoms with Crippen molar-refractivity contribution < 1.29 is 9.18 Å². The summed E-state index contributed by atoms with van der Waals surface area (Å²) in [6, 6.07) is 5.66. The first-order valence-corrected chi connectivity index (χ1v) is 9.75. The SMILES string of the molecule is Cc1nnnn1C(Cc1ccc(F)cc1)C(=O)N1CCC(Cc2cnn(C)c2)C1. The normalized spacial score (nSPS) is 17.6. The molecule has 0 bridgehead atoms. The summed E-state index contributed by atoms with van der Waals surface area (Å²) in [6.45, 7) is 3.19. The molecule has 3 heterocycles. The van der Waals surface area contributed by atoms with Crippen molar-refractivity contribution in [3.05, 3.63) is 59.4 Å². The second kappa shape index (κ2) is 8.10. The van der Waals surface area contributed by atoms with Crippen LogP contribution in [0.4, 0.5) is 4.39 Å². The summed E-state index contributed by atoms with van der Waals surface area (Å²) in [5.41, 5.74) is 2.05. The molecule has 1 fully saturated rings. The zero-order valence-corrected chi connectivity index (χ0v) is 16.6. The third-order valence-corrected chi connectivity index (χ3v) is 5.46. The zero-order chi connectivity index (χ0) is 20.4. The van der Waals surface area contributed by atoms with Crippen molar-refractivity contribution in [1.29, 1.82) is 0 Å². The van der Waals surface area contributed by atoms with E-state index in [0.29, 0.717) is 31.3 Å². The predicted octanol–water partition coefficient (Wildman–Crippen LogP) is 1.73. The van der Waals surface area contributed by atoms with Crippen LogP contribution in [-0.4, -0.2) is 53.9 Å². The topological polar surface area (TPSA) is 81.7 Å². The molecule has 1 saturated heterocycles. The van der Waals surface area contributed by atoms with Gasteiger partial charge in [0.25, 0.3) is 0 Å². The fraction of sp³-hybridized carbons (Fsp3) is 0.450. The van der Waals surface area contributed by atoms with Gasteiger partial charge >= 0.3 is 0 Å². The number of carbonyl (C=O) groups excluding carboxylic acids is 1. The van der Waals surface area contributed by atoms with Gasteiger partial charge in [-0.1, -0.05) is 12.1 Å². The molecule has 4 rings (SSSR count). The van der Waals surface area contributed by atoms with Gasteiger partial charge in [0.1, 0.15) is 17.7 Å². The Hall–Kier alpha value is -3.10. The fourth-order valence-corrected chi connectivity index (χ4v) is 3.97. The Morgan fingerprint density at radius 1 is 1.28 bits per heavy atom. The van der Waals surface area contributed by atoms with Crippen molar-refractivity contribution in [3.63, 3.8) is 0 Å². The number of hydrogen-bond acceptors (Lipinski definition) is 5. The molecule has 2 atom stereocenters. The molecule has 8 nitrogen and oxygen atoms in total. The fourth-order valence-electron chi connectivity index (χ4n) is 3.97. The number of benzene rings is 1. The van der Waals surface area contributed by atoms with E-state index in [1.54, 1.807) is 28.4 Å². The minimum absolute atomic E-state index is 0.00147. The highest BCUT2D eigenvalue weighted by Crippen LogP contribution is 2.25. The predicted molar refractivity (Wildman–Crippen MR) is 103 cm³/mol. The maximum absolute atomic E-state index is 13.4. The summed E-state index contributed by atoms with van der Waals surface area (Å²) in [7, 11) is 1.91. The van der Waals surface area contributed by atoms with Crippen LogP contribution in [0.3, 0.4) is 0 Å². The average Bonchev–Trinajstić information content (AvgIpc) is 3.43. The van der Waals surface area contributed by atoms with Gasteiger partial charge in [0.05, 0.1) is 6.20 Å². The Labute approximate surface area is 168 Å². The molecule has 1 aliphatic rings. The van der Waals surface area contributed by atoms with Crippen LogP contribution in [0.1, 0.15) is 29.4 Å². The Bertz CT molecular complexity index is 981. The Morgan fingerprint density at radius 2 is 2.07 bits per heavy atom. The van der Waals surface area contributed by atoms with Crippen molar-refractivity contribution in [3.8, 4) is 0 Å². The molecule has 1 aromatic carbocycles. The Morgan fingerprint density at radius 3 is 2.72 bits per heavy atom. The van der Waals surface area contributed by atoms with E-state index in [-0.39, 0.29) is 11.7 Å². The number of likely N-dealkylation sites (tertiary alicyclic amines) is 1. The molecule has 0 spiro atoms. The van der Waals surface area contributed by atoms with Gasteiger partial charge in [0.2, 0.25) is 5.91 Å². The summed E-state index contributed by atoms with van der Waals surface area (Å²) in [4.78, 5) is 15.3. The van der Waals surface area contributed by atoms with E-state index in [1.165, 1.54) is 17.7 Å². The van der Waals surface area contributed by atoms with E-state index < -0.39 is 6.04 Å². The molecule has 0 aliphatic carbocycles. The third kappa shape index (κ3) is 4.33. The van der Waals surface area contributed by atoms with Gasteiger partial charge in [-0.25, -0.2) is 9.07 Å². The third-order valence-electron chi connectivity index (χ3n) is 5.46. The number of nitrogens with zero attached hydrogens (tertiary/aromatic N) is 7. The van der Waals surface area contributed by atoms with Crippen LogP contribution in [0.5, 0.6) is 0 Å². The number of halogens is 1. The summed E-state index contributed by atoms with van der Waals surface area (Å²) in [6.07, 6.45) is 6.18. The molecule has 2 unspecified atom stereocenters. The lowest BCUT2D eigenvalue weighted by Gasteiger charge is -2.24. The molecule has 152 valence electrons. The second-order valence-electron chi connectivity index (χ2n) is 7.68. The van der Waals surface area contributed by atoms with E-state index in [2.05, 4.69) is 20.6 Å². The monoisotopic (exact) mass is 397 g/mol. The molecule has 0 N–H and O–H groups in total. The first-order chi connectivity index (χ1) is 14.0. The van der Waals surface area contributed by atoms with Crippen molar-refractivity contribution in [1.82, 2.24) is 34.9 Å². The van der Waals surface area contributed by atoms with E-state index in [4.69, 9.17) is 0 Å². The first-order valence-electron chi connectivity index (χ1n) is 9.75. The zero-order valence-electron chi connectivity index (χ0n) is 16.6. The van der Waals surface area contributed by atoms with Crippen LogP contribution < -0.4 is 0 Å². The number of rotatable bonds is 6. The quantitative estimate of drug-likeness (QED) is 0.633. The molecule has 9 heteroatoms. The Kier molecular flexibility index (Phi) is 5.37. The summed E-state index contributed by atoms with van der Waals surface area (Å²) in [5, 5.41) is 15.9. The van der Waals surface area contributed by atoms with Gasteiger partial charge in [0, 0.05) is 32.8 Å². The number of hydrogen-bond donors (Lipinski definition) is 0. The number of amides is 1. The minimum atomic E-state index is -0.549. The van der Waals surface area contributed by atoms with Crippen LogP contribution in [-0.2, 0) is 24.7 Å². The second-order valence-corrected chi connectivity index (χ2v) is 7.68. The molecule has 0 radical (unpaired) electrons. The highest BCUT2D eigenvalue weighted by molar-refractivity contribution is 5.81. The standard InChI is InChI=1S/C20H24FN7O/c1-14-23-24-25-28(14)19(10-15-3-5-18(21)6-4-15)20(29)27-8-7-16(13-27)9-17-11-22-26(2)12-17/h3-6,11-12,16,19H,7-10,13H2,1-2H3. The van der Waals surface area contributed by atoms with Crippen molar-refractivity contribution in [2.45, 2.75) is 32.2 Å². The number of aryl methyl sites for hydroxylation is 2. The Balaban J connectivity index is 1.49. The number of carbonyl (C=O) groups is 1. The molecular formula is C20H24FN7O. The minimum Gasteiger partial charge on any atom is -0.341 e. The maximum atomic E-state index is 13.4. The molecule has 0 saturated carbocycles. The van der Waals surface area contributed by atoms with Gasteiger partial charge in [-0.2, -0.15) is 5.10 Å². The van der Waals surface area contributed by atoms with Crippen molar-refractivity contribution in [2.75, 3.05) is 13.1 Å². The highest BCUT2D eigenvalue weighted by Gasteiger charge is 2.33. The lowest BCUT2D eigenvalue weighted by Crippen LogP contribution is -2.37. The van der Waals surface area contributed by atoms with Crippen molar-refractivity contribution >= 4 is 5.91 Å². The van der Waals surface area contributed by atoms with Crippen LogP contribution in [0.15, 0.2) is 36.7 Å². The largest absolute Gasteiger partial charge is 0.341 e. The van der Waals surface area contributed by atoms with E-state index in [0.717, 1.165) is 18.4 Å². The number of aromatic nitrogens is 6. The van der Waals surface area contributed by atoms with Crippen molar-refractivity contribution in [2.24, 2.45) is 13.0 Å². The summed E-state index contributed by atoms with van der Waals surface area (Å²) < 4.78 is 16.6. The molecule has 29 heavy (non-hydrogen) atoms. The van der Waals surface area contributed by atoms with Gasteiger partial charge in [-0.05, 0) is 59.4 Å². The molecule has 1 amide bonds. The van der Waals surface area contributed by atoms with Gasteiger partial charge < -0.3 is 4.90 Å². The molecular weight excluding hydrogens is 373 g/mol. The van der Waals surface area contributed by atoms with E-state index in [9.17, 15) is 9.18 Å². The lowest BCUT2D eigenvalue weighted by molar-refractivity contribution is -0.134. The highest BCUT2D eigenvalue weighted by atomic mass is 19.1. The molecule has 3 aromatic rings. The molecule has 1 aliphatic heterocycles. The maximum Gasteiger partial charge on any atom is 0.247 e. The van der Waals surface area contributed by atoms with E-state index >= 15 is 0 Å². The van der Waals surface area contributed by atoms with Gasteiger partial charge in [-0.3, -0.25) is 9.48 Å².